The highest BCUT2D eigenvalue weighted by Gasteiger charge is 2.24. The van der Waals surface area contributed by atoms with Crippen LogP contribution in [0.5, 0.6) is 0 Å². The molecule has 21 heavy (non-hydrogen) atoms. The Bertz CT molecular complexity index is 607. The molecule has 0 aliphatic carbocycles. The van der Waals surface area contributed by atoms with Gasteiger partial charge < -0.3 is 10.6 Å². The van der Waals surface area contributed by atoms with Gasteiger partial charge in [0.05, 0.1) is 17.8 Å². The van der Waals surface area contributed by atoms with Crippen LogP contribution in [0.4, 0.5) is 0 Å². The van der Waals surface area contributed by atoms with Gasteiger partial charge in [-0.25, -0.2) is 4.98 Å². The molecule has 1 aliphatic rings. The molecule has 0 bridgehead atoms. The van der Waals surface area contributed by atoms with E-state index in [2.05, 4.69) is 20.6 Å². The topological polar surface area (TPSA) is 66.9 Å². The van der Waals surface area contributed by atoms with Gasteiger partial charge in [0.25, 0.3) is 0 Å². The van der Waals surface area contributed by atoms with Crippen LogP contribution < -0.4 is 10.6 Å². The highest BCUT2D eigenvalue weighted by molar-refractivity contribution is 7.10. The molecule has 2 atom stereocenters. The predicted octanol–water partition coefficient (Wildman–Crippen LogP) is 2.13. The van der Waals surface area contributed by atoms with E-state index in [1.165, 1.54) is 0 Å². The smallest absolute Gasteiger partial charge is 0.237 e. The second-order valence-corrected chi connectivity index (χ2v) is 6.08. The van der Waals surface area contributed by atoms with Crippen LogP contribution in [-0.4, -0.2) is 28.5 Å². The molecule has 6 heteroatoms. The van der Waals surface area contributed by atoms with Gasteiger partial charge in [-0.15, -0.1) is 11.3 Å². The minimum Gasteiger partial charge on any atom is -0.346 e. The summed E-state index contributed by atoms with van der Waals surface area (Å²) in [6, 6.07) is 3.75. The maximum absolute atomic E-state index is 12.1. The zero-order valence-corrected chi connectivity index (χ0v) is 12.7. The van der Waals surface area contributed by atoms with Crippen LogP contribution in [-0.2, 0) is 4.79 Å². The van der Waals surface area contributed by atoms with Gasteiger partial charge in [0.15, 0.2) is 0 Å². The molecule has 3 heterocycles. The van der Waals surface area contributed by atoms with Crippen molar-refractivity contribution in [2.24, 2.45) is 0 Å². The molecule has 2 aromatic rings. The van der Waals surface area contributed by atoms with Crippen molar-refractivity contribution >= 4 is 17.2 Å². The summed E-state index contributed by atoms with van der Waals surface area (Å²) in [5.74, 6) is 0.0701. The van der Waals surface area contributed by atoms with E-state index in [0.717, 1.165) is 35.7 Å². The summed E-state index contributed by atoms with van der Waals surface area (Å²) in [5.41, 5.74) is 1.97. The number of pyridine rings is 1. The van der Waals surface area contributed by atoms with Gasteiger partial charge in [-0.05, 0) is 38.4 Å². The van der Waals surface area contributed by atoms with Crippen molar-refractivity contribution in [3.05, 3.63) is 34.9 Å². The third-order valence-corrected chi connectivity index (χ3v) is 4.63. The highest BCUT2D eigenvalue weighted by Crippen LogP contribution is 2.25. The van der Waals surface area contributed by atoms with Gasteiger partial charge in [-0.1, -0.05) is 0 Å². The molecular weight excluding hydrogens is 284 g/mol. The largest absolute Gasteiger partial charge is 0.346 e. The van der Waals surface area contributed by atoms with Crippen molar-refractivity contribution in [3.63, 3.8) is 0 Å². The Morgan fingerprint density at radius 1 is 1.48 bits per heavy atom. The Kier molecular flexibility index (Phi) is 4.26. The number of nitrogens with one attached hydrogen (secondary N) is 2. The molecule has 0 saturated carbocycles. The molecule has 1 amide bonds. The van der Waals surface area contributed by atoms with Crippen LogP contribution >= 0.6 is 11.3 Å². The monoisotopic (exact) mass is 302 g/mol. The Labute approximate surface area is 127 Å². The lowest BCUT2D eigenvalue weighted by Gasteiger charge is -2.15. The van der Waals surface area contributed by atoms with Crippen LogP contribution in [0.15, 0.2) is 29.9 Å². The molecule has 1 fully saturated rings. The van der Waals surface area contributed by atoms with Crippen LogP contribution in [0.25, 0.3) is 11.3 Å². The quantitative estimate of drug-likeness (QED) is 0.908. The Morgan fingerprint density at radius 3 is 3.00 bits per heavy atom. The summed E-state index contributed by atoms with van der Waals surface area (Å²) in [6.07, 6.45) is 5.49. The Balaban J connectivity index is 1.66. The zero-order chi connectivity index (χ0) is 14.7. The second kappa shape index (κ2) is 6.32. The molecule has 1 aliphatic heterocycles. The fourth-order valence-electron chi connectivity index (χ4n) is 2.43. The molecule has 2 N–H and O–H groups in total. The van der Waals surface area contributed by atoms with Crippen molar-refractivity contribution in [1.82, 2.24) is 20.6 Å². The van der Waals surface area contributed by atoms with Crippen molar-refractivity contribution < 1.29 is 4.79 Å². The maximum atomic E-state index is 12.1. The molecule has 3 rings (SSSR count). The van der Waals surface area contributed by atoms with E-state index in [9.17, 15) is 4.79 Å². The van der Waals surface area contributed by atoms with Gasteiger partial charge in [-0.3, -0.25) is 9.78 Å². The molecular formula is C15H18N4OS. The third-order valence-electron chi connectivity index (χ3n) is 3.60. The first kappa shape index (κ1) is 14.2. The van der Waals surface area contributed by atoms with Gasteiger partial charge >= 0.3 is 0 Å². The van der Waals surface area contributed by atoms with E-state index in [4.69, 9.17) is 0 Å². The van der Waals surface area contributed by atoms with E-state index in [1.54, 1.807) is 23.7 Å². The lowest BCUT2D eigenvalue weighted by Crippen LogP contribution is -2.41. The van der Waals surface area contributed by atoms with E-state index >= 15 is 0 Å². The predicted molar refractivity (Wildman–Crippen MR) is 82.9 cm³/mol. The molecule has 0 aromatic carbocycles. The van der Waals surface area contributed by atoms with Crippen LogP contribution in [0.2, 0.25) is 0 Å². The van der Waals surface area contributed by atoms with Crippen LogP contribution in [0.3, 0.4) is 0 Å². The summed E-state index contributed by atoms with van der Waals surface area (Å²) in [6.45, 7) is 2.90. The molecule has 110 valence electrons. The van der Waals surface area contributed by atoms with Crippen LogP contribution in [0, 0.1) is 0 Å². The molecule has 0 spiro atoms. The lowest BCUT2D eigenvalue weighted by atomic mass is 10.2. The second-order valence-electron chi connectivity index (χ2n) is 5.19. The fourth-order valence-corrected chi connectivity index (χ4v) is 3.26. The average Bonchev–Trinajstić information content (AvgIpc) is 3.20. The fraction of sp³-hybridized carbons (Fsp3) is 0.400. The number of hydrogen-bond donors (Lipinski definition) is 2. The van der Waals surface area contributed by atoms with Crippen molar-refractivity contribution in [1.29, 1.82) is 0 Å². The summed E-state index contributed by atoms with van der Waals surface area (Å²) < 4.78 is 0. The van der Waals surface area contributed by atoms with Crippen molar-refractivity contribution in [2.75, 3.05) is 6.54 Å². The number of nitrogens with zero attached hydrogens (tertiary/aromatic N) is 2. The van der Waals surface area contributed by atoms with E-state index in [1.807, 2.05) is 24.4 Å². The van der Waals surface area contributed by atoms with Crippen molar-refractivity contribution in [2.45, 2.75) is 31.8 Å². The number of carbonyl (C=O) groups excluding carboxylic acids is 1. The van der Waals surface area contributed by atoms with Gasteiger partial charge in [0.1, 0.15) is 5.01 Å². The summed E-state index contributed by atoms with van der Waals surface area (Å²) in [7, 11) is 0. The molecule has 2 unspecified atom stereocenters. The zero-order valence-electron chi connectivity index (χ0n) is 11.9. The van der Waals surface area contributed by atoms with Gasteiger partial charge in [0.2, 0.25) is 5.91 Å². The molecule has 1 saturated heterocycles. The van der Waals surface area contributed by atoms with Gasteiger partial charge in [-0.2, -0.15) is 0 Å². The lowest BCUT2D eigenvalue weighted by molar-refractivity contribution is -0.123. The van der Waals surface area contributed by atoms with Crippen LogP contribution in [0.1, 0.15) is 30.8 Å². The Morgan fingerprint density at radius 2 is 2.29 bits per heavy atom. The average molecular weight is 302 g/mol. The highest BCUT2D eigenvalue weighted by atomic mass is 32.1. The summed E-state index contributed by atoms with van der Waals surface area (Å²) >= 11 is 1.57. The van der Waals surface area contributed by atoms with Gasteiger partial charge in [0, 0.05) is 23.3 Å². The van der Waals surface area contributed by atoms with E-state index in [-0.39, 0.29) is 18.0 Å². The molecule has 2 aromatic heterocycles. The molecule has 0 radical (unpaired) electrons. The minimum atomic E-state index is -0.0690. The van der Waals surface area contributed by atoms with E-state index in [0.29, 0.717) is 0 Å². The number of thiazole rings is 1. The SMILES string of the molecule is CC(NC(=O)C1CCCN1)c1nc(-c2ccncc2)cs1. The first-order valence-electron chi connectivity index (χ1n) is 7.13. The minimum absolute atomic E-state index is 0.0490. The molecule has 5 nitrogen and oxygen atoms in total. The maximum Gasteiger partial charge on any atom is 0.237 e. The summed E-state index contributed by atoms with van der Waals surface area (Å²) in [4.78, 5) is 20.7. The first-order valence-corrected chi connectivity index (χ1v) is 8.01. The third kappa shape index (κ3) is 3.28. The standard InChI is InChI=1S/C15H18N4OS/c1-10(18-14(20)12-3-2-6-17-12)15-19-13(9-21-15)11-4-7-16-8-5-11/h4-5,7-10,12,17H,2-3,6H2,1H3,(H,18,20). The number of aromatic nitrogens is 2. The summed E-state index contributed by atoms with van der Waals surface area (Å²) in [5, 5.41) is 9.18. The van der Waals surface area contributed by atoms with Crippen molar-refractivity contribution in [3.8, 4) is 11.3 Å². The Hall–Kier alpha value is -1.79. The number of rotatable bonds is 4. The number of amides is 1. The van der Waals surface area contributed by atoms with E-state index < -0.39 is 0 Å². The first-order chi connectivity index (χ1) is 10.2. The number of carbonyl (C=O) groups is 1. The normalized spacial score (nSPS) is 19.4. The number of hydrogen-bond acceptors (Lipinski definition) is 5.